The predicted molar refractivity (Wildman–Crippen MR) is 106 cm³/mol. The summed E-state index contributed by atoms with van der Waals surface area (Å²) >= 11 is 5.82. The highest BCUT2D eigenvalue weighted by atomic mass is 35.5. The molecule has 8 heteroatoms. The van der Waals surface area contributed by atoms with Gasteiger partial charge < -0.3 is 9.73 Å². The second kappa shape index (κ2) is 9.16. The van der Waals surface area contributed by atoms with Gasteiger partial charge in [0.25, 0.3) is 5.69 Å². The maximum atomic E-state index is 12.6. The van der Waals surface area contributed by atoms with Gasteiger partial charge in [0.2, 0.25) is 5.91 Å². The number of furan rings is 1. The van der Waals surface area contributed by atoms with Gasteiger partial charge in [0, 0.05) is 17.6 Å². The highest BCUT2D eigenvalue weighted by Crippen LogP contribution is 2.27. The molecular weight excluding hydrogens is 382 g/mol. The Morgan fingerprint density at radius 3 is 2.57 bits per heavy atom. The van der Waals surface area contributed by atoms with Gasteiger partial charge in [-0.25, -0.2) is 0 Å². The largest absolute Gasteiger partial charge is 0.468 e. The van der Waals surface area contributed by atoms with Gasteiger partial charge in [-0.3, -0.25) is 19.8 Å². The average Bonchev–Trinajstić information content (AvgIpc) is 3.16. The molecule has 0 aliphatic heterocycles. The average molecular weight is 400 g/mol. The number of nitro benzene ring substituents is 1. The van der Waals surface area contributed by atoms with Crippen molar-refractivity contribution in [1.82, 2.24) is 4.90 Å². The van der Waals surface area contributed by atoms with E-state index in [1.54, 1.807) is 12.3 Å². The molecule has 0 spiro atoms. The number of nitrogens with one attached hydrogen (secondary N) is 1. The van der Waals surface area contributed by atoms with Gasteiger partial charge in [-0.2, -0.15) is 0 Å². The number of nitro groups is 1. The molecule has 0 atom stereocenters. The van der Waals surface area contributed by atoms with Crippen molar-refractivity contribution in [3.63, 3.8) is 0 Å². The van der Waals surface area contributed by atoms with E-state index in [0.717, 1.165) is 11.3 Å². The first-order valence-electron chi connectivity index (χ1n) is 8.54. The van der Waals surface area contributed by atoms with Crippen molar-refractivity contribution in [2.24, 2.45) is 0 Å². The number of nitrogens with zero attached hydrogens (tertiary/aromatic N) is 2. The standard InChI is InChI=1S/C20H18ClN3O4/c21-16-8-9-18(19(11-16)24(26)27)22-20(25)14-23(13-17-7-4-10-28-17)12-15-5-2-1-3-6-15/h1-11H,12-14H2,(H,22,25). The lowest BCUT2D eigenvalue weighted by molar-refractivity contribution is -0.383. The zero-order valence-electron chi connectivity index (χ0n) is 14.9. The van der Waals surface area contributed by atoms with Crippen LogP contribution in [0.5, 0.6) is 0 Å². The first-order valence-corrected chi connectivity index (χ1v) is 8.91. The number of carbonyl (C=O) groups excluding carboxylic acids is 1. The molecule has 7 nitrogen and oxygen atoms in total. The predicted octanol–water partition coefficient (Wildman–Crippen LogP) is 4.48. The van der Waals surface area contributed by atoms with Gasteiger partial charge in [0.1, 0.15) is 11.4 Å². The summed E-state index contributed by atoms with van der Waals surface area (Å²) in [6.45, 7) is 0.991. The molecule has 1 amide bonds. The van der Waals surface area contributed by atoms with Crippen molar-refractivity contribution in [1.29, 1.82) is 0 Å². The van der Waals surface area contributed by atoms with Crippen molar-refractivity contribution in [2.45, 2.75) is 13.1 Å². The van der Waals surface area contributed by atoms with Crippen LogP contribution in [0.15, 0.2) is 71.3 Å². The van der Waals surface area contributed by atoms with Crippen LogP contribution in [0.4, 0.5) is 11.4 Å². The Bertz CT molecular complexity index is 945. The number of benzene rings is 2. The van der Waals surface area contributed by atoms with E-state index < -0.39 is 4.92 Å². The van der Waals surface area contributed by atoms with Crippen molar-refractivity contribution < 1.29 is 14.1 Å². The van der Waals surface area contributed by atoms with Gasteiger partial charge >= 0.3 is 0 Å². The second-order valence-electron chi connectivity index (χ2n) is 6.18. The van der Waals surface area contributed by atoms with E-state index in [0.29, 0.717) is 13.1 Å². The fourth-order valence-corrected chi connectivity index (χ4v) is 2.95. The van der Waals surface area contributed by atoms with E-state index >= 15 is 0 Å². The number of hydrogen-bond donors (Lipinski definition) is 1. The van der Waals surface area contributed by atoms with Crippen LogP contribution >= 0.6 is 11.6 Å². The molecule has 1 aromatic heterocycles. The van der Waals surface area contributed by atoms with Gasteiger partial charge in [0.05, 0.1) is 24.3 Å². The van der Waals surface area contributed by atoms with E-state index in [4.69, 9.17) is 16.0 Å². The molecule has 0 aliphatic carbocycles. The van der Waals surface area contributed by atoms with Crippen LogP contribution in [0.2, 0.25) is 5.02 Å². The normalized spacial score (nSPS) is 10.8. The molecule has 144 valence electrons. The molecule has 0 radical (unpaired) electrons. The van der Waals surface area contributed by atoms with Crippen molar-refractivity contribution >= 4 is 28.9 Å². The van der Waals surface area contributed by atoms with Gasteiger partial charge in [-0.05, 0) is 29.8 Å². The van der Waals surface area contributed by atoms with Crippen LogP contribution in [-0.4, -0.2) is 22.3 Å². The Morgan fingerprint density at radius 1 is 1.11 bits per heavy atom. The molecule has 3 aromatic rings. The third kappa shape index (κ3) is 5.42. The number of halogens is 1. The number of carbonyl (C=O) groups is 1. The van der Waals surface area contributed by atoms with Crippen LogP contribution in [-0.2, 0) is 17.9 Å². The van der Waals surface area contributed by atoms with E-state index in [-0.39, 0.29) is 28.8 Å². The quantitative estimate of drug-likeness (QED) is 0.445. The summed E-state index contributed by atoms with van der Waals surface area (Å²) in [5, 5.41) is 14.0. The van der Waals surface area contributed by atoms with E-state index in [9.17, 15) is 14.9 Å². The highest BCUT2D eigenvalue weighted by Gasteiger charge is 2.19. The fraction of sp³-hybridized carbons (Fsp3) is 0.150. The first-order chi connectivity index (χ1) is 13.5. The molecular formula is C20H18ClN3O4. The first kappa shape index (κ1) is 19.6. The lowest BCUT2D eigenvalue weighted by atomic mass is 10.2. The van der Waals surface area contributed by atoms with Gasteiger partial charge in [-0.15, -0.1) is 0 Å². The maximum absolute atomic E-state index is 12.6. The number of rotatable bonds is 8. The van der Waals surface area contributed by atoms with Crippen molar-refractivity contribution in [3.8, 4) is 0 Å². The summed E-state index contributed by atoms with van der Waals surface area (Å²) in [4.78, 5) is 25.1. The zero-order valence-corrected chi connectivity index (χ0v) is 15.6. The minimum atomic E-state index is -0.577. The Labute approximate surface area is 166 Å². The van der Waals surface area contributed by atoms with Gasteiger partial charge in [-0.1, -0.05) is 41.9 Å². The summed E-state index contributed by atoms with van der Waals surface area (Å²) in [6, 6.07) is 17.5. The van der Waals surface area contributed by atoms with Crippen molar-refractivity contribution in [2.75, 3.05) is 11.9 Å². The Hall–Kier alpha value is -3.16. The van der Waals surface area contributed by atoms with Crippen LogP contribution < -0.4 is 5.32 Å². The molecule has 2 aromatic carbocycles. The molecule has 28 heavy (non-hydrogen) atoms. The number of anilines is 1. The van der Waals surface area contributed by atoms with Crippen LogP contribution in [0.3, 0.4) is 0 Å². The summed E-state index contributed by atoms with van der Waals surface area (Å²) in [5.41, 5.74) is 0.901. The summed E-state index contributed by atoms with van der Waals surface area (Å²) in [7, 11) is 0. The lowest BCUT2D eigenvalue weighted by Crippen LogP contribution is -2.32. The van der Waals surface area contributed by atoms with E-state index in [2.05, 4.69) is 5.32 Å². The summed E-state index contributed by atoms with van der Waals surface area (Å²) in [6.07, 6.45) is 1.58. The van der Waals surface area contributed by atoms with Crippen molar-refractivity contribution in [3.05, 3.63) is 93.4 Å². The Morgan fingerprint density at radius 2 is 1.89 bits per heavy atom. The summed E-state index contributed by atoms with van der Waals surface area (Å²) < 4.78 is 5.39. The van der Waals surface area contributed by atoms with Crippen LogP contribution in [0, 0.1) is 10.1 Å². The molecule has 3 rings (SSSR count). The molecule has 0 bridgehead atoms. The monoisotopic (exact) mass is 399 g/mol. The minimum Gasteiger partial charge on any atom is -0.468 e. The number of hydrogen-bond acceptors (Lipinski definition) is 5. The molecule has 0 saturated carbocycles. The molecule has 0 aliphatic rings. The lowest BCUT2D eigenvalue weighted by Gasteiger charge is -2.21. The molecule has 1 N–H and O–H groups in total. The van der Waals surface area contributed by atoms with Crippen LogP contribution in [0.1, 0.15) is 11.3 Å². The molecule has 0 unspecified atom stereocenters. The number of amides is 1. The van der Waals surface area contributed by atoms with E-state index in [1.165, 1.54) is 18.2 Å². The Balaban J connectivity index is 1.73. The Kier molecular flexibility index (Phi) is 6.41. The highest BCUT2D eigenvalue weighted by molar-refractivity contribution is 6.31. The smallest absolute Gasteiger partial charge is 0.294 e. The molecule has 0 fully saturated rings. The minimum absolute atomic E-state index is 0.0371. The third-order valence-electron chi connectivity index (χ3n) is 4.01. The van der Waals surface area contributed by atoms with Crippen LogP contribution in [0.25, 0.3) is 0 Å². The topological polar surface area (TPSA) is 88.6 Å². The molecule has 1 heterocycles. The summed E-state index contributed by atoms with van der Waals surface area (Å²) in [5.74, 6) is 0.356. The zero-order chi connectivity index (χ0) is 19.9. The molecule has 0 saturated heterocycles. The van der Waals surface area contributed by atoms with Gasteiger partial charge in [0.15, 0.2) is 0 Å². The van der Waals surface area contributed by atoms with E-state index in [1.807, 2.05) is 41.3 Å². The third-order valence-corrected chi connectivity index (χ3v) is 4.24. The SMILES string of the molecule is O=C(CN(Cc1ccccc1)Cc1ccco1)Nc1ccc(Cl)cc1[N+](=O)[O-]. The second-order valence-corrected chi connectivity index (χ2v) is 6.61. The fourth-order valence-electron chi connectivity index (χ4n) is 2.79. The maximum Gasteiger partial charge on any atom is 0.294 e.